The highest BCUT2D eigenvalue weighted by Gasteiger charge is 2.33. The molecule has 9 heteroatoms. The van der Waals surface area contributed by atoms with Gasteiger partial charge in [-0.05, 0) is 80.1 Å². The molecule has 1 unspecified atom stereocenters. The van der Waals surface area contributed by atoms with Crippen LogP contribution in [0.5, 0.6) is 5.75 Å². The number of aryl methyl sites for hydroxylation is 1. The molecule has 1 aliphatic rings. The molecular formula is C26H30ClN3O4S. The van der Waals surface area contributed by atoms with Gasteiger partial charge in [0.2, 0.25) is 5.91 Å². The van der Waals surface area contributed by atoms with Crippen molar-refractivity contribution in [2.75, 3.05) is 19.7 Å². The standard InChI is InChI=1S/C26H30ClN3O4S/c1-17(2)28-26(32)29(14-20-5-4-11-33-20)15-25(31)30-10-8-24-21(9-12-35-24)23(30)16-34-19-6-7-22(27)18(3)13-19/h4-7,9,11-13,17,23H,8,10,14-16H2,1-3H3,(H,28,32). The van der Waals surface area contributed by atoms with Gasteiger partial charge in [0, 0.05) is 22.5 Å². The Labute approximate surface area is 214 Å². The van der Waals surface area contributed by atoms with Crippen molar-refractivity contribution in [2.45, 2.75) is 45.8 Å². The first-order chi connectivity index (χ1) is 16.8. The van der Waals surface area contributed by atoms with Gasteiger partial charge in [-0.2, -0.15) is 0 Å². The van der Waals surface area contributed by atoms with Crippen molar-refractivity contribution in [2.24, 2.45) is 0 Å². The number of ether oxygens (including phenoxy) is 1. The second-order valence-electron chi connectivity index (χ2n) is 8.91. The van der Waals surface area contributed by atoms with Crippen LogP contribution in [0.3, 0.4) is 0 Å². The van der Waals surface area contributed by atoms with E-state index in [0.29, 0.717) is 29.7 Å². The molecule has 0 spiro atoms. The largest absolute Gasteiger partial charge is 0.491 e. The Morgan fingerprint density at radius 3 is 2.86 bits per heavy atom. The van der Waals surface area contributed by atoms with Crippen LogP contribution in [-0.4, -0.2) is 47.5 Å². The number of benzene rings is 1. The summed E-state index contributed by atoms with van der Waals surface area (Å²) in [5, 5.41) is 5.62. The van der Waals surface area contributed by atoms with Gasteiger partial charge in [-0.25, -0.2) is 4.79 Å². The van der Waals surface area contributed by atoms with Crippen LogP contribution in [-0.2, 0) is 17.8 Å². The molecule has 0 fully saturated rings. The Balaban J connectivity index is 1.52. The molecule has 0 radical (unpaired) electrons. The van der Waals surface area contributed by atoms with Crippen LogP contribution in [0.15, 0.2) is 52.5 Å². The van der Waals surface area contributed by atoms with Crippen molar-refractivity contribution in [3.8, 4) is 5.75 Å². The molecule has 0 aliphatic carbocycles. The van der Waals surface area contributed by atoms with E-state index in [-0.39, 0.29) is 37.1 Å². The average Bonchev–Trinajstić information content (AvgIpc) is 3.50. The Hall–Kier alpha value is -2.97. The van der Waals surface area contributed by atoms with E-state index in [1.165, 1.54) is 9.78 Å². The summed E-state index contributed by atoms with van der Waals surface area (Å²) in [4.78, 5) is 31.0. The quantitative estimate of drug-likeness (QED) is 0.434. The van der Waals surface area contributed by atoms with Gasteiger partial charge < -0.3 is 24.3 Å². The number of nitrogens with one attached hydrogen (secondary N) is 1. The van der Waals surface area contributed by atoms with Crippen molar-refractivity contribution in [3.05, 3.63) is 74.8 Å². The fourth-order valence-corrected chi connectivity index (χ4v) is 5.18. The minimum Gasteiger partial charge on any atom is -0.491 e. The molecule has 0 saturated heterocycles. The Kier molecular flexibility index (Phi) is 8.03. The SMILES string of the molecule is Cc1cc(OCC2c3ccsc3CCN2C(=O)CN(Cc2ccco2)C(=O)NC(C)C)ccc1Cl. The number of urea groups is 1. The maximum atomic E-state index is 13.6. The molecule has 7 nitrogen and oxygen atoms in total. The average molecular weight is 516 g/mol. The molecule has 1 aliphatic heterocycles. The second kappa shape index (κ2) is 11.2. The van der Waals surface area contributed by atoms with Gasteiger partial charge in [0.1, 0.15) is 24.7 Å². The van der Waals surface area contributed by atoms with Crippen LogP contribution in [0.4, 0.5) is 4.79 Å². The number of carbonyl (C=O) groups excluding carboxylic acids is 2. The van der Waals surface area contributed by atoms with Crippen LogP contribution in [0, 0.1) is 6.92 Å². The van der Waals surface area contributed by atoms with Gasteiger partial charge in [-0.1, -0.05) is 11.6 Å². The van der Waals surface area contributed by atoms with Crippen molar-refractivity contribution in [1.29, 1.82) is 0 Å². The van der Waals surface area contributed by atoms with Crippen LogP contribution in [0.2, 0.25) is 5.02 Å². The van der Waals surface area contributed by atoms with Crippen LogP contribution in [0.1, 0.15) is 41.7 Å². The molecule has 2 aromatic heterocycles. The van der Waals surface area contributed by atoms with Gasteiger partial charge in [-0.15, -0.1) is 11.3 Å². The summed E-state index contributed by atoms with van der Waals surface area (Å²) >= 11 is 7.85. The van der Waals surface area contributed by atoms with Crippen molar-refractivity contribution < 1.29 is 18.7 Å². The highest BCUT2D eigenvalue weighted by atomic mass is 35.5. The summed E-state index contributed by atoms with van der Waals surface area (Å²) < 4.78 is 11.6. The lowest BCUT2D eigenvalue weighted by molar-refractivity contribution is -0.135. The Morgan fingerprint density at radius 2 is 2.14 bits per heavy atom. The molecule has 35 heavy (non-hydrogen) atoms. The number of hydrogen-bond acceptors (Lipinski definition) is 5. The van der Waals surface area contributed by atoms with Crippen LogP contribution >= 0.6 is 22.9 Å². The third-order valence-corrected chi connectivity index (χ3v) is 7.33. The summed E-state index contributed by atoms with van der Waals surface area (Å²) in [7, 11) is 0. The van der Waals surface area contributed by atoms with E-state index in [1.807, 2.05) is 43.9 Å². The highest BCUT2D eigenvalue weighted by Crippen LogP contribution is 2.34. The summed E-state index contributed by atoms with van der Waals surface area (Å²) in [6.07, 6.45) is 2.34. The van der Waals surface area contributed by atoms with Gasteiger partial charge >= 0.3 is 6.03 Å². The lowest BCUT2D eigenvalue weighted by Gasteiger charge is -2.37. The topological polar surface area (TPSA) is 75.0 Å². The zero-order valence-electron chi connectivity index (χ0n) is 20.1. The smallest absolute Gasteiger partial charge is 0.318 e. The molecular weight excluding hydrogens is 486 g/mol. The highest BCUT2D eigenvalue weighted by molar-refractivity contribution is 7.10. The fourth-order valence-electron chi connectivity index (χ4n) is 4.14. The van der Waals surface area contributed by atoms with E-state index in [2.05, 4.69) is 16.8 Å². The lowest BCUT2D eigenvalue weighted by atomic mass is 10.0. The lowest BCUT2D eigenvalue weighted by Crippen LogP contribution is -2.50. The molecule has 1 N–H and O–H groups in total. The number of halogens is 1. The number of thiophene rings is 1. The summed E-state index contributed by atoms with van der Waals surface area (Å²) in [5.74, 6) is 1.19. The maximum absolute atomic E-state index is 13.6. The van der Waals surface area contributed by atoms with E-state index in [9.17, 15) is 9.59 Å². The third kappa shape index (κ3) is 6.18. The molecule has 0 bridgehead atoms. The van der Waals surface area contributed by atoms with Crippen molar-refractivity contribution in [1.82, 2.24) is 15.1 Å². The zero-order chi connectivity index (χ0) is 24.9. The van der Waals surface area contributed by atoms with Gasteiger partial charge in [0.15, 0.2) is 0 Å². The first-order valence-electron chi connectivity index (χ1n) is 11.6. The van der Waals surface area contributed by atoms with E-state index in [1.54, 1.807) is 29.7 Å². The number of rotatable bonds is 8. The van der Waals surface area contributed by atoms with Crippen molar-refractivity contribution in [3.63, 3.8) is 0 Å². The fraction of sp³-hybridized carbons (Fsp3) is 0.385. The predicted octanol–water partition coefficient (Wildman–Crippen LogP) is 5.43. The summed E-state index contributed by atoms with van der Waals surface area (Å²) in [5.41, 5.74) is 2.03. The third-order valence-electron chi connectivity index (χ3n) is 5.90. The van der Waals surface area contributed by atoms with E-state index < -0.39 is 0 Å². The molecule has 1 atom stereocenters. The van der Waals surface area contributed by atoms with Gasteiger partial charge in [-0.3, -0.25) is 4.79 Å². The first kappa shape index (κ1) is 25.1. The Morgan fingerprint density at radius 1 is 1.31 bits per heavy atom. The number of furan rings is 1. The molecule has 4 rings (SSSR count). The van der Waals surface area contributed by atoms with Gasteiger partial charge in [0.25, 0.3) is 0 Å². The summed E-state index contributed by atoms with van der Waals surface area (Å²) in [6, 6.07) is 10.6. The normalized spacial score (nSPS) is 15.1. The minimum atomic E-state index is -0.303. The van der Waals surface area contributed by atoms with E-state index in [0.717, 1.165) is 17.5 Å². The van der Waals surface area contributed by atoms with Crippen molar-refractivity contribution >= 4 is 34.9 Å². The van der Waals surface area contributed by atoms with E-state index >= 15 is 0 Å². The van der Waals surface area contributed by atoms with Crippen LogP contribution < -0.4 is 10.1 Å². The zero-order valence-corrected chi connectivity index (χ0v) is 21.7. The number of hydrogen-bond donors (Lipinski definition) is 1. The molecule has 3 heterocycles. The Bertz CT molecular complexity index is 1160. The van der Waals surface area contributed by atoms with Crippen LogP contribution in [0.25, 0.3) is 0 Å². The molecule has 186 valence electrons. The summed E-state index contributed by atoms with van der Waals surface area (Å²) in [6.45, 7) is 6.74. The molecule has 0 saturated carbocycles. The van der Waals surface area contributed by atoms with E-state index in [4.69, 9.17) is 20.8 Å². The van der Waals surface area contributed by atoms with Gasteiger partial charge in [0.05, 0.1) is 18.8 Å². The number of nitrogens with zero attached hydrogens (tertiary/aromatic N) is 2. The molecule has 3 aromatic rings. The minimum absolute atomic E-state index is 0.0518. The number of carbonyl (C=O) groups is 2. The monoisotopic (exact) mass is 515 g/mol. The predicted molar refractivity (Wildman–Crippen MR) is 137 cm³/mol. The number of amides is 3. The first-order valence-corrected chi connectivity index (χ1v) is 12.9. The number of fused-ring (bicyclic) bond motifs is 1. The second-order valence-corrected chi connectivity index (χ2v) is 10.3. The molecule has 1 aromatic carbocycles. The molecule has 3 amide bonds. The maximum Gasteiger partial charge on any atom is 0.318 e.